The van der Waals surface area contributed by atoms with Gasteiger partial charge in [0, 0.05) is 25.7 Å². The van der Waals surface area contributed by atoms with E-state index in [0.717, 1.165) is 51.4 Å². The highest BCUT2D eigenvalue weighted by Gasteiger charge is 2.93. The fraction of sp³-hybridized carbons (Fsp3) is 1.00. The summed E-state index contributed by atoms with van der Waals surface area (Å²) in [5.41, 5.74) is 0. The number of nitrogens with one attached hydrogen (secondary N) is 2. The van der Waals surface area contributed by atoms with E-state index < -0.39 is 151 Å². The van der Waals surface area contributed by atoms with Crippen molar-refractivity contribution in [3.8, 4) is 0 Å². The molecule has 0 aliphatic heterocycles. The molecule has 0 atom stereocenters. The molecule has 4 N–H and O–H groups in total. The summed E-state index contributed by atoms with van der Waals surface area (Å²) >= 11 is 0. The summed E-state index contributed by atoms with van der Waals surface area (Å²) in [5, 5.41) is -9.62. The van der Waals surface area contributed by atoms with Crippen molar-refractivity contribution in [2.45, 2.75) is 269 Å². The van der Waals surface area contributed by atoms with Gasteiger partial charge in [0.2, 0.25) is 0 Å². The lowest BCUT2D eigenvalue weighted by Gasteiger charge is -2.40. The van der Waals surface area contributed by atoms with Gasteiger partial charge in [-0.2, -0.15) is 157 Å². The van der Waals surface area contributed by atoms with Crippen LogP contribution in [0, 0.1) is 0 Å². The van der Waals surface area contributed by atoms with Gasteiger partial charge in [0.1, 0.15) is 0 Å². The van der Waals surface area contributed by atoms with E-state index in [1.54, 1.807) is 0 Å². The van der Waals surface area contributed by atoms with E-state index in [-0.39, 0.29) is 12.4 Å². The Morgan fingerprint density at radius 2 is 0.526 bits per heavy atom. The maximum absolute atomic E-state index is 13.3. The van der Waals surface area contributed by atoms with Gasteiger partial charge in [-0.1, -0.05) is 129 Å². The average molecular weight is 1540 g/mol. The molecule has 0 bridgehead atoms. The van der Waals surface area contributed by atoms with Crippen molar-refractivity contribution in [3.63, 3.8) is 0 Å². The SMILES string of the molecule is CCCCCCCCCCCCCCCCOS(=O)(=O)CCCCCCCCCCF.CNC.CNC.O=S(=O)(O)C(F)(F)C(F)(F)C(F)(F)C(F)(F)C(F)(F)C(F)(F)CCCC(F)(F)F.O=S(=O)(O)C(F)(F)C(F)(F)C(F)(F)C(F)(F)C(F)(F)C(F)(F)CCCC(F)(F)F. The maximum Gasteiger partial charge on any atom is 0.438 e. The van der Waals surface area contributed by atoms with Crippen LogP contribution in [0.5, 0.6) is 0 Å². The van der Waals surface area contributed by atoms with E-state index in [9.17, 15) is 161 Å². The standard InChI is InChI=1S/C26H53FO3S.2C10H7F15O3S.2C2H7N/c1-2-3-4-5-6-7-8-9-10-11-13-16-19-22-25-30-31(28,29)26-23-20-17-14-12-15-18-21-24-27;2*11-4(12,2-1-3-5(13,14)15)6(16,17)7(18,19)8(20,21)9(22,23)10(24,25)29(26,27)28;2*1-3-2/h2-26H2,1H3;2*1-3H2,(H,26,27,28);2*3H,1-2H3. The minimum absolute atomic E-state index is 0.146. The van der Waals surface area contributed by atoms with Crippen LogP contribution in [0.2, 0.25) is 0 Å². The van der Waals surface area contributed by atoms with Crippen molar-refractivity contribution in [1.82, 2.24) is 10.6 Å². The quantitative estimate of drug-likeness (QED) is 0.0198. The molecule has 0 spiro atoms. The fourth-order valence-electron chi connectivity index (χ4n) is 7.25. The van der Waals surface area contributed by atoms with E-state index in [0.29, 0.717) is 19.4 Å². The molecular formula is C50H81F31N2O9S3. The molecule has 0 fully saturated rings. The summed E-state index contributed by atoms with van der Waals surface area (Å²) in [6.45, 7) is 2.40. The van der Waals surface area contributed by atoms with Crippen LogP contribution in [-0.2, 0) is 34.5 Å². The molecule has 0 aliphatic carbocycles. The predicted octanol–water partition coefficient (Wildman–Crippen LogP) is 19.3. The number of hydrogen-bond acceptors (Lipinski definition) is 9. The number of rotatable bonds is 44. The highest BCUT2D eigenvalue weighted by Crippen LogP contribution is 2.63. The van der Waals surface area contributed by atoms with Crippen LogP contribution >= 0.6 is 0 Å². The average Bonchev–Trinajstić information content (AvgIpc) is 0.712. The zero-order chi connectivity index (χ0) is 76.5. The van der Waals surface area contributed by atoms with Gasteiger partial charge in [0.25, 0.3) is 10.1 Å². The smallest absolute Gasteiger partial charge is 0.323 e. The molecule has 580 valence electrons. The number of halogens is 31. The van der Waals surface area contributed by atoms with Crippen LogP contribution < -0.4 is 10.6 Å². The van der Waals surface area contributed by atoms with Crippen LogP contribution in [0.1, 0.15) is 187 Å². The highest BCUT2D eigenvalue weighted by atomic mass is 32.2. The number of hydrogen-bond donors (Lipinski definition) is 4. The van der Waals surface area contributed by atoms with E-state index in [1.807, 2.05) is 28.2 Å². The summed E-state index contributed by atoms with van der Waals surface area (Å²) in [7, 11) is -11.2. The third kappa shape index (κ3) is 31.9. The minimum Gasteiger partial charge on any atom is -0.323 e. The summed E-state index contributed by atoms with van der Waals surface area (Å²) in [6.07, 6.45) is 0.488. The van der Waals surface area contributed by atoms with Gasteiger partial charge >= 0.3 is 102 Å². The molecular weight excluding hydrogens is 1460 g/mol. The van der Waals surface area contributed by atoms with Crippen LogP contribution in [0.25, 0.3) is 0 Å². The van der Waals surface area contributed by atoms with Crippen LogP contribution in [0.3, 0.4) is 0 Å². The lowest BCUT2D eigenvalue weighted by atomic mass is 9.92. The molecule has 0 aromatic carbocycles. The molecule has 45 heteroatoms. The van der Waals surface area contributed by atoms with Gasteiger partial charge in [-0.15, -0.1) is 0 Å². The first-order valence-corrected chi connectivity index (χ1v) is 33.0. The normalized spacial score (nSPS) is 14.2. The van der Waals surface area contributed by atoms with Crippen LogP contribution in [0.15, 0.2) is 0 Å². The minimum atomic E-state index is -8.25. The van der Waals surface area contributed by atoms with E-state index in [4.69, 9.17) is 13.3 Å². The van der Waals surface area contributed by atoms with E-state index in [1.165, 1.54) is 77.0 Å². The largest absolute Gasteiger partial charge is 0.438 e. The lowest BCUT2D eigenvalue weighted by Crippen LogP contribution is -2.71. The van der Waals surface area contributed by atoms with E-state index >= 15 is 0 Å². The third-order valence-corrected chi connectivity index (χ3v) is 15.7. The molecule has 11 nitrogen and oxygen atoms in total. The molecule has 0 rings (SSSR count). The summed E-state index contributed by atoms with van der Waals surface area (Å²) in [6, 6.07) is 0. The van der Waals surface area contributed by atoms with Crippen LogP contribution in [-0.4, -0.2) is 164 Å². The van der Waals surface area contributed by atoms with Crippen molar-refractivity contribution >= 4 is 30.4 Å². The Hall–Kier alpha value is -2.52. The van der Waals surface area contributed by atoms with Gasteiger partial charge in [0.15, 0.2) is 0 Å². The molecule has 0 saturated carbocycles. The van der Waals surface area contributed by atoms with Crippen LogP contribution in [0.4, 0.5) is 136 Å². The maximum atomic E-state index is 13.3. The molecule has 0 heterocycles. The highest BCUT2D eigenvalue weighted by molar-refractivity contribution is 7.87. The number of alkyl halides is 31. The third-order valence-electron chi connectivity index (χ3n) is 12.6. The van der Waals surface area contributed by atoms with Crippen molar-refractivity contribution in [1.29, 1.82) is 0 Å². The first kappa shape index (κ1) is 101. The van der Waals surface area contributed by atoms with Crippen molar-refractivity contribution in [2.24, 2.45) is 0 Å². The molecule has 0 radical (unpaired) electrons. The number of unbranched alkanes of at least 4 members (excludes halogenated alkanes) is 20. The Bertz CT molecular complexity index is 2280. The van der Waals surface area contributed by atoms with Crippen molar-refractivity contribution < 1.29 is 175 Å². The molecule has 0 saturated heterocycles. The Kier molecular flexibility index (Phi) is 44.7. The molecule has 0 amide bonds. The molecule has 0 aliphatic rings. The van der Waals surface area contributed by atoms with Crippen molar-refractivity contribution in [3.05, 3.63) is 0 Å². The van der Waals surface area contributed by atoms with Gasteiger partial charge in [0.05, 0.1) is 19.0 Å². The monoisotopic (exact) mass is 1540 g/mol. The molecule has 0 aromatic heterocycles. The van der Waals surface area contributed by atoms with E-state index in [2.05, 4.69) is 17.6 Å². The molecule has 0 aromatic rings. The Morgan fingerprint density at radius 1 is 0.305 bits per heavy atom. The van der Waals surface area contributed by atoms with Gasteiger partial charge in [-0.3, -0.25) is 17.7 Å². The Balaban J connectivity index is -0.000000408. The van der Waals surface area contributed by atoms with Gasteiger partial charge < -0.3 is 10.6 Å². The fourth-order valence-corrected chi connectivity index (χ4v) is 9.20. The first-order chi connectivity index (χ1) is 42.4. The van der Waals surface area contributed by atoms with Crippen molar-refractivity contribution in [2.75, 3.05) is 47.2 Å². The first-order valence-electron chi connectivity index (χ1n) is 28.6. The topological polar surface area (TPSA) is 176 Å². The second kappa shape index (κ2) is 42.0. The lowest BCUT2D eigenvalue weighted by molar-refractivity contribution is -0.417. The Labute approximate surface area is 530 Å². The Morgan fingerprint density at radius 3 is 0.758 bits per heavy atom. The summed E-state index contributed by atoms with van der Waals surface area (Å²) in [4.78, 5) is 0. The van der Waals surface area contributed by atoms with Gasteiger partial charge in [-0.05, 0) is 60.3 Å². The molecule has 95 heavy (non-hydrogen) atoms. The summed E-state index contributed by atoms with van der Waals surface area (Å²) < 4.78 is 482. The second-order valence-corrected chi connectivity index (χ2v) is 25.8. The second-order valence-electron chi connectivity index (χ2n) is 21.1. The summed E-state index contributed by atoms with van der Waals surface area (Å²) in [5.74, 6) is -77.3. The zero-order valence-corrected chi connectivity index (χ0v) is 54.1. The predicted molar refractivity (Wildman–Crippen MR) is 285 cm³/mol. The molecule has 0 unspecified atom stereocenters. The van der Waals surface area contributed by atoms with Gasteiger partial charge in [-0.25, -0.2) is 0 Å². The zero-order valence-electron chi connectivity index (χ0n) is 51.6.